The van der Waals surface area contributed by atoms with Gasteiger partial charge in [-0.3, -0.25) is 0 Å². The highest BCUT2D eigenvalue weighted by molar-refractivity contribution is 7.99. The van der Waals surface area contributed by atoms with Crippen molar-refractivity contribution in [3.05, 3.63) is 76.8 Å². The summed E-state index contributed by atoms with van der Waals surface area (Å²) in [5.41, 5.74) is 2.10. The van der Waals surface area contributed by atoms with Crippen LogP contribution in [-0.2, 0) is 6.54 Å². The second kappa shape index (κ2) is 7.53. The minimum Gasteiger partial charge on any atom is -0.390 e. The Morgan fingerprint density at radius 3 is 2.00 bits per heavy atom. The van der Waals surface area contributed by atoms with Crippen LogP contribution in [0.25, 0.3) is 21.8 Å². The number of fused-ring (bicyclic) bond motifs is 3. The molecule has 0 radical (unpaired) electrons. The fourth-order valence-corrected chi connectivity index (χ4v) is 4.40. The van der Waals surface area contributed by atoms with Crippen LogP contribution in [0.3, 0.4) is 0 Å². The summed E-state index contributed by atoms with van der Waals surface area (Å²) in [6.07, 6.45) is -0.467. The second-order valence-electron chi connectivity index (χ2n) is 6.21. The molecule has 1 unspecified atom stereocenters. The number of hydrogen-bond donors (Lipinski definition) is 1. The van der Waals surface area contributed by atoms with Gasteiger partial charge in [0.1, 0.15) is 0 Å². The van der Waals surface area contributed by atoms with E-state index in [9.17, 15) is 5.11 Å². The van der Waals surface area contributed by atoms with Gasteiger partial charge in [-0.15, -0.1) is 11.8 Å². The van der Waals surface area contributed by atoms with Gasteiger partial charge in [-0.2, -0.15) is 0 Å². The van der Waals surface area contributed by atoms with Crippen LogP contribution >= 0.6 is 35.0 Å². The minimum atomic E-state index is -0.467. The molecule has 0 aliphatic rings. The third-order valence-corrected chi connectivity index (χ3v) is 6.00. The van der Waals surface area contributed by atoms with Crippen LogP contribution in [0.1, 0.15) is 0 Å². The summed E-state index contributed by atoms with van der Waals surface area (Å²) in [7, 11) is 0. The van der Waals surface area contributed by atoms with Gasteiger partial charge in [-0.1, -0.05) is 41.4 Å². The molecule has 1 aromatic heterocycles. The van der Waals surface area contributed by atoms with Gasteiger partial charge < -0.3 is 9.67 Å². The summed E-state index contributed by atoms with van der Waals surface area (Å²) in [5.74, 6) is 0.631. The zero-order valence-electron chi connectivity index (χ0n) is 13.9. The maximum atomic E-state index is 10.6. The maximum absolute atomic E-state index is 10.6. The molecular formula is C21H17Cl2NOS. The monoisotopic (exact) mass is 401 g/mol. The Bertz CT molecular complexity index is 1000. The van der Waals surface area contributed by atoms with E-state index in [2.05, 4.69) is 16.7 Å². The van der Waals surface area contributed by atoms with Gasteiger partial charge in [0.05, 0.1) is 6.10 Å². The molecule has 0 aliphatic carbocycles. The molecule has 0 saturated carbocycles. The highest BCUT2D eigenvalue weighted by atomic mass is 35.5. The summed E-state index contributed by atoms with van der Waals surface area (Å²) in [6.45, 7) is 0.517. The lowest BCUT2D eigenvalue weighted by molar-refractivity contribution is 0.181. The van der Waals surface area contributed by atoms with Gasteiger partial charge in [0.2, 0.25) is 0 Å². The van der Waals surface area contributed by atoms with Gasteiger partial charge in [-0.25, -0.2) is 0 Å². The number of benzene rings is 3. The Hall–Kier alpha value is -1.65. The molecule has 4 aromatic rings. The molecular weight excluding hydrogens is 385 g/mol. The van der Waals surface area contributed by atoms with Crippen molar-refractivity contribution in [2.24, 2.45) is 0 Å². The van der Waals surface area contributed by atoms with E-state index in [1.807, 2.05) is 54.6 Å². The minimum absolute atomic E-state index is 0.467. The first-order chi connectivity index (χ1) is 12.6. The molecule has 3 aromatic carbocycles. The smallest absolute Gasteiger partial charge is 0.0813 e. The van der Waals surface area contributed by atoms with Crippen molar-refractivity contribution < 1.29 is 5.11 Å². The number of nitrogens with zero attached hydrogens (tertiary/aromatic N) is 1. The Morgan fingerprint density at radius 2 is 1.42 bits per heavy atom. The van der Waals surface area contributed by atoms with Crippen molar-refractivity contribution in [3.8, 4) is 0 Å². The van der Waals surface area contributed by atoms with E-state index in [-0.39, 0.29) is 0 Å². The Morgan fingerprint density at radius 1 is 0.846 bits per heavy atom. The van der Waals surface area contributed by atoms with E-state index in [0.29, 0.717) is 22.3 Å². The van der Waals surface area contributed by atoms with E-state index in [4.69, 9.17) is 23.2 Å². The normalized spacial score (nSPS) is 12.7. The summed E-state index contributed by atoms with van der Waals surface area (Å²) in [4.78, 5) is 1.16. The largest absolute Gasteiger partial charge is 0.390 e. The van der Waals surface area contributed by atoms with Crippen molar-refractivity contribution in [1.82, 2.24) is 4.57 Å². The number of thioether (sulfide) groups is 1. The van der Waals surface area contributed by atoms with Crippen molar-refractivity contribution in [1.29, 1.82) is 0 Å². The van der Waals surface area contributed by atoms with Crippen molar-refractivity contribution >= 4 is 56.8 Å². The molecule has 26 heavy (non-hydrogen) atoms. The average molecular weight is 402 g/mol. The van der Waals surface area contributed by atoms with E-state index < -0.39 is 6.10 Å². The number of aliphatic hydroxyl groups is 1. The third kappa shape index (κ3) is 3.58. The summed E-state index contributed by atoms with van der Waals surface area (Å²) in [5, 5.41) is 14.1. The van der Waals surface area contributed by atoms with E-state index in [1.54, 1.807) is 11.8 Å². The van der Waals surface area contributed by atoms with Crippen LogP contribution < -0.4 is 0 Å². The van der Waals surface area contributed by atoms with Crippen molar-refractivity contribution in [3.63, 3.8) is 0 Å². The number of rotatable bonds is 5. The van der Waals surface area contributed by atoms with E-state index in [1.165, 1.54) is 0 Å². The zero-order valence-corrected chi connectivity index (χ0v) is 16.2. The average Bonchev–Trinajstić information content (AvgIpc) is 2.93. The summed E-state index contributed by atoms with van der Waals surface area (Å²) in [6, 6.07) is 21.8. The molecule has 4 rings (SSSR count). The predicted octanol–water partition coefficient (Wildman–Crippen LogP) is 6.25. The van der Waals surface area contributed by atoms with Gasteiger partial charge >= 0.3 is 0 Å². The van der Waals surface area contributed by atoms with Crippen molar-refractivity contribution in [2.45, 2.75) is 17.5 Å². The van der Waals surface area contributed by atoms with E-state index >= 15 is 0 Å². The molecule has 1 atom stereocenters. The standard InChI is InChI=1S/C21H17Cl2NOS/c22-14-6-8-20-18(10-14)19-11-15(23)7-9-21(19)24(20)12-16(25)13-26-17-4-2-1-3-5-17/h1-11,16,25H,12-13H2. The molecule has 132 valence electrons. The number of aliphatic hydroxyl groups excluding tert-OH is 1. The van der Waals surface area contributed by atoms with Gasteiger partial charge in [0.25, 0.3) is 0 Å². The molecule has 1 N–H and O–H groups in total. The summed E-state index contributed by atoms with van der Waals surface area (Å²) < 4.78 is 2.15. The lowest BCUT2D eigenvalue weighted by Crippen LogP contribution is -2.18. The number of aromatic nitrogens is 1. The lowest BCUT2D eigenvalue weighted by atomic mass is 10.1. The molecule has 5 heteroatoms. The highest BCUT2D eigenvalue weighted by Crippen LogP contribution is 2.33. The van der Waals surface area contributed by atoms with Crippen LogP contribution in [0.4, 0.5) is 0 Å². The molecule has 0 bridgehead atoms. The maximum Gasteiger partial charge on any atom is 0.0813 e. The molecule has 0 spiro atoms. The van der Waals surface area contributed by atoms with Crippen LogP contribution in [0.5, 0.6) is 0 Å². The van der Waals surface area contributed by atoms with Gasteiger partial charge in [0, 0.05) is 49.0 Å². The molecule has 1 heterocycles. The highest BCUT2D eigenvalue weighted by Gasteiger charge is 2.15. The van der Waals surface area contributed by atoms with Crippen LogP contribution in [0.2, 0.25) is 10.0 Å². The molecule has 0 amide bonds. The SMILES string of the molecule is OC(CSc1ccccc1)Cn1c2ccc(Cl)cc2c2cc(Cl)ccc21. The zero-order chi connectivity index (χ0) is 18.1. The fraction of sp³-hybridized carbons (Fsp3) is 0.143. The molecule has 0 saturated heterocycles. The van der Waals surface area contributed by atoms with Gasteiger partial charge in [-0.05, 0) is 48.5 Å². The van der Waals surface area contributed by atoms with Gasteiger partial charge in [0.15, 0.2) is 0 Å². The first kappa shape index (κ1) is 17.7. The van der Waals surface area contributed by atoms with Crippen LogP contribution in [0.15, 0.2) is 71.6 Å². The Labute approximate surface area is 166 Å². The number of hydrogen-bond acceptors (Lipinski definition) is 2. The summed E-state index contributed by atoms with van der Waals surface area (Å²) >= 11 is 14.1. The molecule has 2 nitrogen and oxygen atoms in total. The topological polar surface area (TPSA) is 25.2 Å². The van der Waals surface area contributed by atoms with Crippen LogP contribution in [0, 0.1) is 0 Å². The first-order valence-electron chi connectivity index (χ1n) is 8.35. The quantitative estimate of drug-likeness (QED) is 0.399. The second-order valence-corrected chi connectivity index (χ2v) is 8.18. The molecule has 0 aliphatic heterocycles. The number of halogens is 2. The Balaban J connectivity index is 1.66. The Kier molecular flexibility index (Phi) is 5.14. The molecule has 0 fully saturated rings. The predicted molar refractivity (Wildman–Crippen MR) is 113 cm³/mol. The van der Waals surface area contributed by atoms with Crippen molar-refractivity contribution in [2.75, 3.05) is 5.75 Å². The lowest BCUT2D eigenvalue weighted by Gasteiger charge is -2.14. The van der Waals surface area contributed by atoms with E-state index in [0.717, 1.165) is 26.7 Å². The van der Waals surface area contributed by atoms with Crippen LogP contribution in [-0.4, -0.2) is 21.5 Å². The first-order valence-corrected chi connectivity index (χ1v) is 10.1. The third-order valence-electron chi connectivity index (χ3n) is 4.37. The fourth-order valence-electron chi connectivity index (χ4n) is 3.22.